The maximum Gasteiger partial charge on any atom is 0.406 e. The third-order valence-electron chi connectivity index (χ3n) is 3.01. The first-order valence-electron chi connectivity index (χ1n) is 6.84. The van der Waals surface area contributed by atoms with Crippen molar-refractivity contribution in [3.8, 4) is 0 Å². The second-order valence-corrected chi connectivity index (χ2v) is 5.01. The van der Waals surface area contributed by atoms with Gasteiger partial charge in [0.05, 0.1) is 0 Å². The van der Waals surface area contributed by atoms with Gasteiger partial charge in [0.2, 0.25) is 5.91 Å². The van der Waals surface area contributed by atoms with E-state index < -0.39 is 18.6 Å². The minimum absolute atomic E-state index is 0.168. The SMILES string of the molecule is CCCCN(CC(F)(F)F)C(=O)CCC(C)CCN. The van der Waals surface area contributed by atoms with Crippen LogP contribution in [0, 0.1) is 5.92 Å². The van der Waals surface area contributed by atoms with Gasteiger partial charge in [-0.15, -0.1) is 0 Å². The van der Waals surface area contributed by atoms with Gasteiger partial charge in [-0.05, 0) is 31.7 Å². The number of carbonyl (C=O) groups is 1. The number of halogens is 3. The molecular formula is C13H25F3N2O. The molecular weight excluding hydrogens is 257 g/mol. The van der Waals surface area contributed by atoms with Crippen LogP contribution in [0.1, 0.15) is 46.0 Å². The van der Waals surface area contributed by atoms with Gasteiger partial charge in [-0.1, -0.05) is 20.3 Å². The molecule has 0 aromatic carbocycles. The Morgan fingerprint density at radius 1 is 1.32 bits per heavy atom. The molecule has 0 heterocycles. The number of hydrogen-bond donors (Lipinski definition) is 1. The van der Waals surface area contributed by atoms with E-state index in [0.29, 0.717) is 19.4 Å². The molecule has 0 spiro atoms. The summed E-state index contributed by atoms with van der Waals surface area (Å²) >= 11 is 0. The predicted molar refractivity (Wildman–Crippen MR) is 69.6 cm³/mol. The fraction of sp³-hybridized carbons (Fsp3) is 0.923. The molecule has 0 aromatic rings. The van der Waals surface area contributed by atoms with Crippen molar-refractivity contribution < 1.29 is 18.0 Å². The van der Waals surface area contributed by atoms with Gasteiger partial charge in [-0.2, -0.15) is 13.2 Å². The van der Waals surface area contributed by atoms with Crippen LogP contribution < -0.4 is 5.73 Å². The molecule has 1 amide bonds. The van der Waals surface area contributed by atoms with Gasteiger partial charge in [-0.3, -0.25) is 4.79 Å². The third-order valence-corrected chi connectivity index (χ3v) is 3.01. The van der Waals surface area contributed by atoms with E-state index in [2.05, 4.69) is 0 Å². The van der Waals surface area contributed by atoms with Gasteiger partial charge in [0.25, 0.3) is 0 Å². The summed E-state index contributed by atoms with van der Waals surface area (Å²) in [6.45, 7) is 3.43. The Balaban J connectivity index is 4.29. The molecule has 0 aliphatic heterocycles. The molecule has 0 bridgehead atoms. The molecule has 0 fully saturated rings. The monoisotopic (exact) mass is 282 g/mol. The first-order valence-corrected chi connectivity index (χ1v) is 6.84. The number of amides is 1. The summed E-state index contributed by atoms with van der Waals surface area (Å²) in [7, 11) is 0. The molecule has 0 saturated carbocycles. The highest BCUT2D eigenvalue weighted by atomic mass is 19.4. The highest BCUT2D eigenvalue weighted by molar-refractivity contribution is 5.76. The number of carbonyl (C=O) groups excluding carboxylic acids is 1. The molecule has 19 heavy (non-hydrogen) atoms. The number of alkyl halides is 3. The Kier molecular flexibility index (Phi) is 8.80. The zero-order valence-electron chi connectivity index (χ0n) is 11.8. The molecule has 0 radical (unpaired) electrons. The van der Waals surface area contributed by atoms with Crippen LogP contribution in [-0.2, 0) is 4.79 Å². The number of hydrogen-bond acceptors (Lipinski definition) is 2. The molecule has 6 heteroatoms. The van der Waals surface area contributed by atoms with Crippen molar-refractivity contribution >= 4 is 5.91 Å². The summed E-state index contributed by atoms with van der Waals surface area (Å²) in [6, 6.07) is 0. The smallest absolute Gasteiger partial charge is 0.334 e. The number of rotatable bonds is 9. The molecule has 3 nitrogen and oxygen atoms in total. The van der Waals surface area contributed by atoms with Crippen molar-refractivity contribution in [3.05, 3.63) is 0 Å². The van der Waals surface area contributed by atoms with E-state index in [-0.39, 0.29) is 18.9 Å². The predicted octanol–water partition coefficient (Wildman–Crippen LogP) is 2.94. The molecule has 0 aromatic heterocycles. The van der Waals surface area contributed by atoms with Crippen LogP contribution in [0.4, 0.5) is 13.2 Å². The van der Waals surface area contributed by atoms with Crippen LogP contribution in [0.25, 0.3) is 0 Å². The Labute approximate surface area is 113 Å². The van der Waals surface area contributed by atoms with Crippen molar-refractivity contribution in [2.24, 2.45) is 11.7 Å². The van der Waals surface area contributed by atoms with Crippen molar-refractivity contribution in [2.75, 3.05) is 19.6 Å². The van der Waals surface area contributed by atoms with Crippen LogP contribution in [-0.4, -0.2) is 36.6 Å². The molecule has 114 valence electrons. The highest BCUT2D eigenvalue weighted by Gasteiger charge is 2.32. The summed E-state index contributed by atoms with van der Waals surface area (Å²) in [4.78, 5) is 12.8. The van der Waals surface area contributed by atoms with Gasteiger partial charge in [0.1, 0.15) is 6.54 Å². The fourth-order valence-corrected chi connectivity index (χ4v) is 1.81. The summed E-state index contributed by atoms with van der Waals surface area (Å²) in [6.07, 6.45) is -1.41. The van der Waals surface area contributed by atoms with E-state index in [1.165, 1.54) is 0 Å². The first-order chi connectivity index (χ1) is 8.80. The lowest BCUT2D eigenvalue weighted by atomic mass is 10.0. The quantitative estimate of drug-likeness (QED) is 0.706. The number of unbranched alkanes of at least 4 members (excludes halogenated alkanes) is 1. The lowest BCUT2D eigenvalue weighted by Crippen LogP contribution is -2.39. The fourth-order valence-electron chi connectivity index (χ4n) is 1.81. The molecule has 0 aliphatic rings. The molecule has 0 aliphatic carbocycles. The lowest BCUT2D eigenvalue weighted by Gasteiger charge is -2.24. The number of nitrogens with two attached hydrogens (primary N) is 1. The second kappa shape index (κ2) is 9.18. The largest absolute Gasteiger partial charge is 0.406 e. The van der Waals surface area contributed by atoms with Gasteiger partial charge in [-0.25, -0.2) is 0 Å². The summed E-state index contributed by atoms with van der Waals surface area (Å²) < 4.78 is 37.2. The van der Waals surface area contributed by atoms with E-state index in [1.807, 2.05) is 13.8 Å². The van der Waals surface area contributed by atoms with Gasteiger partial charge in [0.15, 0.2) is 0 Å². The van der Waals surface area contributed by atoms with E-state index in [9.17, 15) is 18.0 Å². The maximum atomic E-state index is 12.4. The van der Waals surface area contributed by atoms with Crippen LogP contribution in [0.2, 0.25) is 0 Å². The second-order valence-electron chi connectivity index (χ2n) is 5.01. The average molecular weight is 282 g/mol. The lowest BCUT2D eigenvalue weighted by molar-refractivity contribution is -0.161. The van der Waals surface area contributed by atoms with Crippen LogP contribution in [0.3, 0.4) is 0 Å². The van der Waals surface area contributed by atoms with Gasteiger partial charge in [0, 0.05) is 13.0 Å². The Hall–Kier alpha value is -0.780. The van der Waals surface area contributed by atoms with Crippen molar-refractivity contribution in [1.29, 1.82) is 0 Å². The summed E-state index contributed by atoms with van der Waals surface area (Å²) in [5.74, 6) is -0.137. The van der Waals surface area contributed by atoms with E-state index in [0.717, 1.165) is 17.7 Å². The highest BCUT2D eigenvalue weighted by Crippen LogP contribution is 2.19. The van der Waals surface area contributed by atoms with Crippen LogP contribution >= 0.6 is 0 Å². The maximum absolute atomic E-state index is 12.4. The van der Waals surface area contributed by atoms with Crippen LogP contribution in [0.5, 0.6) is 0 Å². The molecule has 1 atom stereocenters. The van der Waals surface area contributed by atoms with Crippen molar-refractivity contribution in [3.63, 3.8) is 0 Å². The topological polar surface area (TPSA) is 46.3 Å². The zero-order chi connectivity index (χ0) is 14.9. The van der Waals surface area contributed by atoms with Crippen LogP contribution in [0.15, 0.2) is 0 Å². The Bertz CT molecular complexity index is 257. The minimum Gasteiger partial charge on any atom is -0.334 e. The molecule has 2 N–H and O–H groups in total. The number of nitrogens with zero attached hydrogens (tertiary/aromatic N) is 1. The Morgan fingerprint density at radius 2 is 1.95 bits per heavy atom. The van der Waals surface area contributed by atoms with E-state index >= 15 is 0 Å². The van der Waals surface area contributed by atoms with E-state index in [4.69, 9.17) is 5.73 Å². The van der Waals surface area contributed by atoms with Gasteiger partial charge >= 0.3 is 6.18 Å². The average Bonchev–Trinajstić information content (AvgIpc) is 2.30. The van der Waals surface area contributed by atoms with Crippen molar-refractivity contribution in [1.82, 2.24) is 4.90 Å². The van der Waals surface area contributed by atoms with Gasteiger partial charge < -0.3 is 10.6 Å². The third kappa shape index (κ3) is 9.76. The van der Waals surface area contributed by atoms with Crippen molar-refractivity contribution in [2.45, 2.75) is 52.1 Å². The minimum atomic E-state index is -4.33. The Morgan fingerprint density at radius 3 is 2.42 bits per heavy atom. The molecule has 1 unspecified atom stereocenters. The molecule has 0 saturated heterocycles. The zero-order valence-corrected chi connectivity index (χ0v) is 11.8. The normalized spacial score (nSPS) is 13.4. The molecule has 0 rings (SSSR count). The standard InChI is InChI=1S/C13H25F3N2O/c1-3-4-9-18(10-13(14,15)16)12(19)6-5-11(2)7-8-17/h11H,3-10,17H2,1-2H3. The first kappa shape index (κ1) is 18.2. The summed E-state index contributed by atoms with van der Waals surface area (Å²) in [5, 5.41) is 0. The summed E-state index contributed by atoms with van der Waals surface area (Å²) in [5.41, 5.74) is 5.40. The van der Waals surface area contributed by atoms with E-state index in [1.54, 1.807) is 0 Å².